The number of nitrogens with zero attached hydrogens (tertiary/aromatic N) is 2. The lowest BCUT2D eigenvalue weighted by Crippen LogP contribution is -2.29. The molecule has 0 aliphatic carbocycles. The van der Waals surface area contributed by atoms with Gasteiger partial charge in [0.1, 0.15) is 0 Å². The van der Waals surface area contributed by atoms with Crippen LogP contribution in [0.1, 0.15) is 12.6 Å². The molecule has 0 aliphatic rings. The maximum Gasteiger partial charge on any atom is 0.225 e. The molecule has 0 aliphatic heterocycles. The maximum atomic E-state index is 12.2. The minimum atomic E-state index is -0.0858. The first-order valence-electron chi connectivity index (χ1n) is 8.21. The number of hydrogen-bond acceptors (Lipinski definition) is 2. The summed E-state index contributed by atoms with van der Waals surface area (Å²) in [7, 11) is 3.59. The average Bonchev–Trinajstić information content (AvgIpc) is 2.61. The van der Waals surface area contributed by atoms with Gasteiger partial charge in [0.05, 0.1) is 5.52 Å². The zero-order chi connectivity index (χ0) is 17.1. The van der Waals surface area contributed by atoms with E-state index in [2.05, 4.69) is 24.3 Å². The second-order valence-electron chi connectivity index (χ2n) is 6.38. The largest absolute Gasteiger partial charge is 0.349 e. The lowest BCUT2D eigenvalue weighted by atomic mass is 9.97. The summed E-state index contributed by atoms with van der Waals surface area (Å²) >= 11 is 0. The Hall–Kier alpha value is -2.68. The van der Waals surface area contributed by atoms with Crippen LogP contribution in [0.25, 0.3) is 22.0 Å². The molecule has 0 fully saturated rings. The topological polar surface area (TPSA) is 33.2 Å². The van der Waals surface area contributed by atoms with Crippen molar-refractivity contribution in [1.29, 1.82) is 0 Å². The van der Waals surface area contributed by atoms with E-state index in [9.17, 15) is 4.79 Å². The summed E-state index contributed by atoms with van der Waals surface area (Å²) in [5, 5.41) is 1.14. The van der Waals surface area contributed by atoms with Gasteiger partial charge in [-0.05, 0) is 23.3 Å². The Labute approximate surface area is 143 Å². The monoisotopic (exact) mass is 318 g/mol. The van der Waals surface area contributed by atoms with Crippen molar-refractivity contribution in [3.63, 3.8) is 0 Å². The van der Waals surface area contributed by atoms with E-state index < -0.39 is 0 Å². The Bertz CT molecular complexity index is 856. The summed E-state index contributed by atoms with van der Waals surface area (Å²) in [5.41, 5.74) is 4.26. The van der Waals surface area contributed by atoms with Gasteiger partial charge in [-0.25, -0.2) is 0 Å². The SMILES string of the molecule is CC(Cc1cc(-c2ccccc2)c2ccccc2n1)C(=O)N(C)C. The molecule has 0 radical (unpaired) electrons. The number of rotatable bonds is 4. The molecule has 3 aromatic rings. The normalized spacial score (nSPS) is 12.1. The van der Waals surface area contributed by atoms with Crippen LogP contribution < -0.4 is 0 Å². The van der Waals surface area contributed by atoms with Crippen molar-refractivity contribution in [2.45, 2.75) is 13.3 Å². The van der Waals surface area contributed by atoms with Gasteiger partial charge in [-0.2, -0.15) is 0 Å². The molecule has 1 amide bonds. The van der Waals surface area contributed by atoms with Gasteiger partial charge in [0.25, 0.3) is 0 Å². The van der Waals surface area contributed by atoms with Gasteiger partial charge in [0, 0.05) is 37.5 Å². The van der Waals surface area contributed by atoms with Crippen LogP contribution in [0.4, 0.5) is 0 Å². The highest BCUT2D eigenvalue weighted by atomic mass is 16.2. The van der Waals surface area contributed by atoms with Crippen molar-refractivity contribution >= 4 is 16.8 Å². The van der Waals surface area contributed by atoms with E-state index in [0.717, 1.165) is 16.6 Å². The van der Waals surface area contributed by atoms with E-state index in [1.165, 1.54) is 11.1 Å². The van der Waals surface area contributed by atoms with Gasteiger partial charge in [-0.1, -0.05) is 55.5 Å². The van der Waals surface area contributed by atoms with Crippen LogP contribution in [0.15, 0.2) is 60.7 Å². The van der Waals surface area contributed by atoms with Crippen molar-refractivity contribution in [3.8, 4) is 11.1 Å². The van der Waals surface area contributed by atoms with Gasteiger partial charge in [0.15, 0.2) is 0 Å². The van der Waals surface area contributed by atoms with Crippen LogP contribution in [0.2, 0.25) is 0 Å². The molecule has 2 aromatic carbocycles. The zero-order valence-corrected chi connectivity index (χ0v) is 14.4. The molecule has 0 N–H and O–H groups in total. The first-order chi connectivity index (χ1) is 11.6. The number of carbonyl (C=O) groups is 1. The number of amides is 1. The third-order valence-electron chi connectivity index (χ3n) is 4.23. The molecule has 122 valence electrons. The van der Waals surface area contributed by atoms with Crippen molar-refractivity contribution in [1.82, 2.24) is 9.88 Å². The standard InChI is InChI=1S/C21H22N2O/c1-15(21(24)23(2)3)13-17-14-19(16-9-5-4-6-10-16)18-11-7-8-12-20(18)22-17/h4-12,14-15H,13H2,1-3H3. The van der Waals surface area contributed by atoms with E-state index >= 15 is 0 Å². The summed E-state index contributed by atoms with van der Waals surface area (Å²) in [4.78, 5) is 18.6. The highest BCUT2D eigenvalue weighted by Gasteiger charge is 2.17. The lowest BCUT2D eigenvalue weighted by Gasteiger charge is -2.17. The summed E-state index contributed by atoms with van der Waals surface area (Å²) in [5.74, 6) is 0.0449. The third kappa shape index (κ3) is 3.30. The molecule has 24 heavy (non-hydrogen) atoms. The smallest absolute Gasteiger partial charge is 0.225 e. The van der Waals surface area contributed by atoms with E-state index in [4.69, 9.17) is 4.98 Å². The van der Waals surface area contributed by atoms with Gasteiger partial charge >= 0.3 is 0 Å². The fourth-order valence-electron chi connectivity index (χ4n) is 3.03. The third-order valence-corrected chi connectivity index (χ3v) is 4.23. The fourth-order valence-corrected chi connectivity index (χ4v) is 3.03. The highest BCUT2D eigenvalue weighted by Crippen LogP contribution is 2.29. The molecule has 0 bridgehead atoms. The number of fused-ring (bicyclic) bond motifs is 1. The predicted molar refractivity (Wildman–Crippen MR) is 98.7 cm³/mol. The molecular formula is C21H22N2O. The van der Waals surface area contributed by atoms with Crippen LogP contribution >= 0.6 is 0 Å². The molecule has 3 heteroatoms. The fraction of sp³-hybridized carbons (Fsp3) is 0.238. The minimum absolute atomic E-state index is 0.0858. The van der Waals surface area contributed by atoms with Gasteiger partial charge in [-0.3, -0.25) is 9.78 Å². The summed E-state index contributed by atoms with van der Waals surface area (Å²) in [6.07, 6.45) is 0.641. The second-order valence-corrected chi connectivity index (χ2v) is 6.38. The molecule has 0 spiro atoms. The lowest BCUT2D eigenvalue weighted by molar-refractivity contribution is -0.132. The molecule has 3 rings (SSSR count). The molecule has 1 atom stereocenters. The first-order valence-corrected chi connectivity index (χ1v) is 8.21. The number of aromatic nitrogens is 1. The maximum absolute atomic E-state index is 12.2. The van der Waals surface area contributed by atoms with Gasteiger partial charge < -0.3 is 4.90 Å². The Morgan fingerprint density at radius 1 is 1.04 bits per heavy atom. The van der Waals surface area contributed by atoms with Crippen LogP contribution in [0, 0.1) is 5.92 Å². The van der Waals surface area contributed by atoms with Crippen molar-refractivity contribution in [3.05, 3.63) is 66.4 Å². The van der Waals surface area contributed by atoms with Crippen LogP contribution in [-0.2, 0) is 11.2 Å². The van der Waals surface area contributed by atoms with E-state index in [1.54, 1.807) is 19.0 Å². The quantitative estimate of drug-likeness (QED) is 0.723. The number of pyridine rings is 1. The number of benzene rings is 2. The van der Waals surface area contributed by atoms with Gasteiger partial charge in [-0.15, -0.1) is 0 Å². The summed E-state index contributed by atoms with van der Waals surface area (Å²) in [6, 6.07) is 20.6. The number of para-hydroxylation sites is 1. The Balaban J connectivity index is 2.06. The van der Waals surface area contributed by atoms with E-state index in [0.29, 0.717) is 6.42 Å². The second kappa shape index (κ2) is 6.83. The molecule has 0 saturated carbocycles. The van der Waals surface area contributed by atoms with E-state index in [1.807, 2.05) is 43.3 Å². The molecule has 1 unspecified atom stereocenters. The first kappa shape index (κ1) is 16.2. The molecule has 0 saturated heterocycles. The van der Waals surface area contributed by atoms with Crippen molar-refractivity contribution in [2.24, 2.45) is 5.92 Å². The van der Waals surface area contributed by atoms with Crippen molar-refractivity contribution in [2.75, 3.05) is 14.1 Å². The van der Waals surface area contributed by atoms with Crippen molar-refractivity contribution < 1.29 is 4.79 Å². The van der Waals surface area contributed by atoms with E-state index in [-0.39, 0.29) is 11.8 Å². The molecule has 3 nitrogen and oxygen atoms in total. The summed E-state index contributed by atoms with van der Waals surface area (Å²) in [6.45, 7) is 1.96. The van der Waals surface area contributed by atoms with Gasteiger partial charge in [0.2, 0.25) is 5.91 Å². The average molecular weight is 318 g/mol. The Morgan fingerprint density at radius 3 is 2.42 bits per heavy atom. The minimum Gasteiger partial charge on any atom is -0.349 e. The predicted octanol–water partition coefficient (Wildman–Crippen LogP) is 4.17. The van der Waals surface area contributed by atoms with Crippen LogP contribution in [-0.4, -0.2) is 29.9 Å². The number of carbonyl (C=O) groups excluding carboxylic acids is 1. The highest BCUT2D eigenvalue weighted by molar-refractivity contribution is 5.94. The zero-order valence-electron chi connectivity index (χ0n) is 14.4. The summed E-state index contributed by atoms with van der Waals surface area (Å²) < 4.78 is 0. The van der Waals surface area contributed by atoms with Crippen LogP contribution in [0.3, 0.4) is 0 Å². The molecule has 1 aromatic heterocycles. The molecular weight excluding hydrogens is 296 g/mol. The number of hydrogen-bond donors (Lipinski definition) is 0. The Kier molecular flexibility index (Phi) is 4.61. The van der Waals surface area contributed by atoms with Crippen LogP contribution in [0.5, 0.6) is 0 Å². The Morgan fingerprint density at radius 2 is 1.71 bits per heavy atom. The molecule has 1 heterocycles.